The van der Waals surface area contributed by atoms with Crippen LogP contribution in [0.15, 0.2) is 201 Å². The Morgan fingerprint density at radius 3 is 0.791 bits per heavy atom. The topological polar surface area (TPSA) is 66.4 Å². The summed E-state index contributed by atoms with van der Waals surface area (Å²) >= 11 is 0. The van der Waals surface area contributed by atoms with Crippen LogP contribution in [-0.4, -0.2) is 36.3 Å². The van der Waals surface area contributed by atoms with Crippen LogP contribution in [0, 0.1) is 18.2 Å². The van der Waals surface area contributed by atoms with E-state index in [1.54, 1.807) is 21.3 Å². The van der Waals surface area contributed by atoms with Crippen LogP contribution < -0.4 is 14.2 Å². The molecule has 0 bridgehead atoms. The third-order valence-corrected chi connectivity index (χ3v) is 11.8. The monoisotopic (exact) mass is 1050 g/mol. The molecule has 0 radical (unpaired) electrons. The van der Waals surface area contributed by atoms with Crippen molar-refractivity contribution < 1.29 is 34.3 Å². The van der Waals surface area contributed by atoms with Crippen molar-refractivity contribution in [1.29, 1.82) is 0 Å². The second-order valence-corrected chi connectivity index (χ2v) is 15.7. The number of hydrogen-bond donors (Lipinski definition) is 0. The average Bonchev–Trinajstić information content (AvgIpc) is 3.41. The molecule has 3 aromatic heterocycles. The molecular weight excluding hydrogens is 1000 g/mol. The normalized spacial score (nSPS) is 10.8. The van der Waals surface area contributed by atoms with Crippen molar-refractivity contribution in [2.24, 2.45) is 0 Å². The van der Waals surface area contributed by atoms with E-state index in [4.69, 9.17) is 29.2 Å². The molecule has 0 N–H and O–H groups in total. The molecule has 0 fully saturated rings. The fourth-order valence-electron chi connectivity index (χ4n) is 8.28. The van der Waals surface area contributed by atoms with Gasteiger partial charge in [0.2, 0.25) is 0 Å². The van der Waals surface area contributed by atoms with Crippen molar-refractivity contribution in [1.82, 2.24) is 15.0 Å². The van der Waals surface area contributed by atoms with Crippen LogP contribution in [0.3, 0.4) is 0 Å². The van der Waals surface area contributed by atoms with E-state index in [1.165, 1.54) is 0 Å². The van der Waals surface area contributed by atoms with Crippen molar-refractivity contribution in [3.8, 4) is 118 Å². The molecule has 324 valence electrons. The van der Waals surface area contributed by atoms with E-state index in [1.807, 2.05) is 73.2 Å². The van der Waals surface area contributed by atoms with Gasteiger partial charge in [-0.1, -0.05) is 109 Å². The SMILES string of the molecule is COc1c[c-]c(-c2ccc(-c3ccccc3-c3cc(-c4ccccc4-c4ccc(-c5[c-]cc(OC)cc5)nc4)cc(-c4ccccc4-c4ccc(-c5[c-]cc(OC)cc5)nc4)c3)cn2)cc1.[Ir+3]. The van der Waals surface area contributed by atoms with E-state index < -0.39 is 0 Å². The summed E-state index contributed by atoms with van der Waals surface area (Å²) in [7, 11) is 4.97. The van der Waals surface area contributed by atoms with Crippen LogP contribution >= 0.6 is 0 Å². The van der Waals surface area contributed by atoms with E-state index in [0.29, 0.717) is 0 Å². The molecule has 0 aliphatic carbocycles. The summed E-state index contributed by atoms with van der Waals surface area (Å²) in [5, 5.41) is 0. The largest absolute Gasteiger partial charge is 3.00 e. The van der Waals surface area contributed by atoms with Gasteiger partial charge in [-0.15, -0.1) is 89.5 Å². The van der Waals surface area contributed by atoms with Crippen LogP contribution in [0.4, 0.5) is 0 Å². The molecule has 6 nitrogen and oxygen atoms in total. The van der Waals surface area contributed by atoms with Gasteiger partial charge in [0, 0.05) is 35.8 Å². The molecule has 10 aromatic rings. The van der Waals surface area contributed by atoms with Crippen LogP contribution in [0.1, 0.15) is 0 Å². The standard InChI is InChI=1S/C60H42N3O3.Ir/c1-64-49-25-16-40(17-26-49)58-31-22-43(37-61-58)52-10-4-7-13-55(52)46-34-47(56-14-8-5-11-53(56)44-23-32-59(62-38-44)41-18-27-50(65-2)28-19-41)36-48(35-46)57-15-9-6-12-54(57)45-24-33-60(63-39-45)42-20-29-51(66-3)30-21-42;/h4-16,18,20,22-39H,1-3H3;/q-3;+3. The molecule has 10 rings (SSSR count). The van der Waals surface area contributed by atoms with Crippen LogP contribution in [0.25, 0.3) is 101 Å². The van der Waals surface area contributed by atoms with Gasteiger partial charge in [-0.25, -0.2) is 0 Å². The summed E-state index contributed by atoms with van der Waals surface area (Å²) in [6, 6.07) is 72.2. The molecule has 3 heterocycles. The maximum atomic E-state index is 5.35. The third kappa shape index (κ3) is 9.43. The Labute approximate surface area is 405 Å². The minimum atomic E-state index is 0. The molecular formula is C60H42IrN3O3. The molecule has 7 aromatic carbocycles. The van der Waals surface area contributed by atoms with Gasteiger partial charge in [0.15, 0.2) is 0 Å². The van der Waals surface area contributed by atoms with Gasteiger partial charge < -0.3 is 29.2 Å². The van der Waals surface area contributed by atoms with E-state index in [-0.39, 0.29) is 20.1 Å². The fraction of sp³-hybridized carbons (Fsp3) is 0.0500. The Morgan fingerprint density at radius 2 is 0.582 bits per heavy atom. The number of hydrogen-bond acceptors (Lipinski definition) is 6. The molecule has 0 spiro atoms. The zero-order valence-electron chi connectivity index (χ0n) is 37.0. The predicted octanol–water partition coefficient (Wildman–Crippen LogP) is 14.3. The molecule has 0 atom stereocenters. The molecule has 0 saturated heterocycles. The fourth-order valence-corrected chi connectivity index (χ4v) is 8.28. The number of benzene rings is 7. The Balaban J connectivity index is 0.00000562. The molecule has 7 heteroatoms. The number of nitrogens with zero attached hydrogens (tertiary/aromatic N) is 3. The smallest absolute Gasteiger partial charge is 0.540 e. The first-order chi connectivity index (χ1) is 32.5. The number of methoxy groups -OCH3 is 3. The molecule has 0 aliphatic heterocycles. The van der Waals surface area contributed by atoms with Crippen LogP contribution in [0.2, 0.25) is 0 Å². The van der Waals surface area contributed by atoms with Crippen LogP contribution in [0.5, 0.6) is 17.2 Å². The minimum absolute atomic E-state index is 0. The molecule has 0 saturated carbocycles. The van der Waals surface area contributed by atoms with Crippen molar-refractivity contribution in [2.45, 2.75) is 0 Å². The van der Waals surface area contributed by atoms with E-state index in [9.17, 15) is 0 Å². The first kappa shape index (κ1) is 44.3. The number of rotatable bonds is 12. The first-order valence-electron chi connectivity index (χ1n) is 21.6. The van der Waals surface area contributed by atoms with Gasteiger partial charge in [0.05, 0.1) is 21.3 Å². The number of pyridine rings is 3. The minimum Gasteiger partial charge on any atom is -0.540 e. The molecule has 0 aliphatic rings. The Hall–Kier alpha value is -7.96. The Morgan fingerprint density at radius 1 is 0.313 bits per heavy atom. The second-order valence-electron chi connectivity index (χ2n) is 15.7. The average molecular weight is 1050 g/mol. The quantitative estimate of drug-likeness (QED) is 0.114. The molecule has 0 amide bonds. The molecule has 0 unspecified atom stereocenters. The van der Waals surface area contributed by atoms with Gasteiger partial charge in [-0.05, 0) is 102 Å². The van der Waals surface area contributed by atoms with E-state index in [2.05, 4.69) is 146 Å². The van der Waals surface area contributed by atoms with Gasteiger partial charge in [-0.3, -0.25) is 0 Å². The summed E-state index contributed by atoms with van der Waals surface area (Å²) in [6.07, 6.45) is 5.84. The zero-order valence-corrected chi connectivity index (χ0v) is 39.3. The predicted molar refractivity (Wildman–Crippen MR) is 265 cm³/mol. The first-order valence-corrected chi connectivity index (χ1v) is 21.6. The van der Waals surface area contributed by atoms with Crippen molar-refractivity contribution in [3.05, 3.63) is 219 Å². The summed E-state index contributed by atoms with van der Waals surface area (Å²) in [5.74, 6) is 2.27. The summed E-state index contributed by atoms with van der Waals surface area (Å²) in [5.41, 5.74) is 18.0. The summed E-state index contributed by atoms with van der Waals surface area (Å²) in [6.45, 7) is 0. The van der Waals surface area contributed by atoms with Gasteiger partial charge in [0.1, 0.15) is 0 Å². The second kappa shape index (κ2) is 20.1. The summed E-state index contributed by atoms with van der Waals surface area (Å²) < 4.78 is 16.1. The maximum Gasteiger partial charge on any atom is 3.00 e. The van der Waals surface area contributed by atoms with Crippen molar-refractivity contribution >= 4 is 0 Å². The molecule has 67 heavy (non-hydrogen) atoms. The van der Waals surface area contributed by atoms with Crippen molar-refractivity contribution in [3.63, 3.8) is 0 Å². The van der Waals surface area contributed by atoms with Gasteiger partial charge in [0.25, 0.3) is 0 Å². The van der Waals surface area contributed by atoms with Crippen LogP contribution in [-0.2, 0) is 20.1 Å². The third-order valence-electron chi connectivity index (χ3n) is 11.8. The number of aromatic nitrogens is 3. The summed E-state index contributed by atoms with van der Waals surface area (Å²) in [4.78, 5) is 14.7. The van der Waals surface area contributed by atoms with E-state index in [0.717, 1.165) is 118 Å². The van der Waals surface area contributed by atoms with Gasteiger partial charge >= 0.3 is 20.1 Å². The Kier molecular flexibility index (Phi) is 13.2. The Bertz CT molecular complexity index is 2900. The zero-order chi connectivity index (χ0) is 44.8. The number of ether oxygens (including phenoxy) is 3. The maximum absolute atomic E-state index is 5.35. The van der Waals surface area contributed by atoms with Gasteiger partial charge in [-0.2, -0.15) is 0 Å². The van der Waals surface area contributed by atoms with E-state index >= 15 is 0 Å². The van der Waals surface area contributed by atoms with Crippen molar-refractivity contribution in [2.75, 3.05) is 21.3 Å².